The summed E-state index contributed by atoms with van der Waals surface area (Å²) in [6, 6.07) is 0. The molecule has 1 fully saturated rings. The van der Waals surface area contributed by atoms with Crippen LogP contribution in [-0.4, -0.2) is 60.8 Å². The lowest BCUT2D eigenvalue weighted by Gasteiger charge is -2.33. The van der Waals surface area contributed by atoms with Crippen LogP contribution >= 0.6 is 0 Å². The fraction of sp³-hybridized carbons (Fsp3) is 0.800. The van der Waals surface area contributed by atoms with Crippen molar-refractivity contribution in [1.29, 1.82) is 0 Å². The first kappa shape index (κ1) is 14.6. The minimum Gasteiger partial charge on any atom is -0.440 e. The number of piperazine rings is 1. The van der Waals surface area contributed by atoms with Crippen molar-refractivity contribution in [2.45, 2.75) is 19.5 Å². The average molecular weight is 268 g/mol. The van der Waals surface area contributed by atoms with Gasteiger partial charge in [-0.05, 0) is 6.42 Å². The molecule has 0 atom stereocenters. The topological polar surface area (TPSA) is 49.9 Å². The average Bonchev–Trinajstić information content (AvgIpc) is 2.28. The number of hydrogen-bond donors (Lipinski definition) is 0. The first-order valence-electron chi connectivity index (χ1n) is 5.59. The van der Waals surface area contributed by atoms with E-state index in [4.69, 9.17) is 0 Å². The monoisotopic (exact) mass is 268 g/mol. The smallest absolute Gasteiger partial charge is 0.422 e. The van der Waals surface area contributed by atoms with Crippen LogP contribution < -0.4 is 0 Å². The molecule has 1 heterocycles. The van der Waals surface area contributed by atoms with Crippen molar-refractivity contribution in [1.82, 2.24) is 9.80 Å². The first-order chi connectivity index (χ1) is 8.33. The van der Waals surface area contributed by atoms with Gasteiger partial charge in [0, 0.05) is 19.6 Å². The molecule has 1 rings (SSSR count). The minimum absolute atomic E-state index is 0.197. The molecule has 0 aromatic rings. The quantitative estimate of drug-likeness (QED) is 0.773. The third kappa shape index (κ3) is 4.42. The maximum Gasteiger partial charge on any atom is 0.422 e. The van der Waals surface area contributed by atoms with Gasteiger partial charge in [0.15, 0.2) is 6.61 Å². The highest BCUT2D eigenvalue weighted by Crippen LogP contribution is 2.15. The van der Waals surface area contributed by atoms with Crippen LogP contribution in [0.15, 0.2) is 0 Å². The first-order valence-corrected chi connectivity index (χ1v) is 5.59. The number of halogens is 3. The molecule has 0 unspecified atom stereocenters. The number of carbonyl (C=O) groups is 2. The predicted molar refractivity (Wildman–Crippen MR) is 55.8 cm³/mol. The molecule has 0 N–H and O–H groups in total. The Bertz CT molecular complexity index is 320. The van der Waals surface area contributed by atoms with Gasteiger partial charge in [0.1, 0.15) is 6.54 Å². The summed E-state index contributed by atoms with van der Waals surface area (Å²) in [5.74, 6) is -0.271. The van der Waals surface area contributed by atoms with Gasteiger partial charge in [-0.1, -0.05) is 6.92 Å². The summed E-state index contributed by atoms with van der Waals surface area (Å²) in [6.07, 6.45) is -4.86. The van der Waals surface area contributed by atoms with E-state index >= 15 is 0 Å². The highest BCUT2D eigenvalue weighted by molar-refractivity contribution is 5.83. The van der Waals surface area contributed by atoms with Crippen LogP contribution in [0.4, 0.5) is 18.0 Å². The van der Waals surface area contributed by atoms with Gasteiger partial charge in [-0.25, -0.2) is 4.79 Å². The molecule has 1 saturated heterocycles. The van der Waals surface area contributed by atoms with E-state index < -0.39 is 18.9 Å². The molecule has 1 aliphatic rings. The Morgan fingerprint density at radius 1 is 1.39 bits per heavy atom. The second kappa shape index (κ2) is 5.92. The fourth-order valence-electron chi connectivity index (χ4n) is 1.61. The third-order valence-corrected chi connectivity index (χ3v) is 2.43. The Balaban J connectivity index is 2.41. The molecule has 18 heavy (non-hydrogen) atoms. The van der Waals surface area contributed by atoms with E-state index in [9.17, 15) is 22.8 Å². The number of ether oxygens (including phenoxy) is 1. The molecule has 5 nitrogen and oxygen atoms in total. The van der Waals surface area contributed by atoms with Crippen molar-refractivity contribution in [3.05, 3.63) is 0 Å². The number of amides is 2. The summed E-state index contributed by atoms with van der Waals surface area (Å²) >= 11 is 0. The molecule has 0 bridgehead atoms. The maximum atomic E-state index is 11.9. The van der Waals surface area contributed by atoms with E-state index in [1.807, 2.05) is 6.92 Å². The van der Waals surface area contributed by atoms with Gasteiger partial charge >= 0.3 is 12.3 Å². The second-order valence-corrected chi connectivity index (χ2v) is 3.97. The van der Waals surface area contributed by atoms with Crippen LogP contribution in [0.2, 0.25) is 0 Å². The van der Waals surface area contributed by atoms with Gasteiger partial charge in [0.2, 0.25) is 5.91 Å². The van der Waals surface area contributed by atoms with Crippen molar-refractivity contribution < 1.29 is 27.5 Å². The molecule has 1 aliphatic heterocycles. The zero-order valence-corrected chi connectivity index (χ0v) is 10.00. The van der Waals surface area contributed by atoms with Crippen molar-refractivity contribution in [2.24, 2.45) is 0 Å². The molecule has 0 aliphatic carbocycles. The zero-order chi connectivity index (χ0) is 13.8. The van der Waals surface area contributed by atoms with Crippen molar-refractivity contribution in [2.75, 3.05) is 32.8 Å². The number of hydrogen-bond acceptors (Lipinski definition) is 3. The summed E-state index contributed by atoms with van der Waals surface area (Å²) in [5.41, 5.74) is 0. The Morgan fingerprint density at radius 3 is 2.56 bits per heavy atom. The summed E-state index contributed by atoms with van der Waals surface area (Å²) in [6.45, 7) is 1.17. The molecule has 0 saturated carbocycles. The Hall–Kier alpha value is -1.47. The van der Waals surface area contributed by atoms with Gasteiger partial charge in [0.25, 0.3) is 0 Å². The predicted octanol–water partition coefficient (Wildman–Crippen LogP) is 1.24. The van der Waals surface area contributed by atoms with E-state index in [2.05, 4.69) is 4.74 Å². The van der Waals surface area contributed by atoms with Crippen molar-refractivity contribution in [3.8, 4) is 0 Å². The van der Waals surface area contributed by atoms with Crippen LogP contribution in [0.3, 0.4) is 0 Å². The van der Waals surface area contributed by atoms with Gasteiger partial charge in [-0.2, -0.15) is 13.2 Å². The summed E-state index contributed by atoms with van der Waals surface area (Å²) in [4.78, 5) is 25.4. The number of alkyl halides is 3. The molecule has 0 aromatic heterocycles. The molecule has 0 radical (unpaired) electrons. The number of rotatable bonds is 3. The lowest BCUT2D eigenvalue weighted by Crippen LogP contribution is -2.52. The third-order valence-electron chi connectivity index (χ3n) is 2.43. The van der Waals surface area contributed by atoms with Crippen molar-refractivity contribution in [3.63, 3.8) is 0 Å². The van der Waals surface area contributed by atoms with Crippen LogP contribution in [-0.2, 0) is 9.53 Å². The highest BCUT2D eigenvalue weighted by Gasteiger charge is 2.32. The summed E-state index contributed by atoms with van der Waals surface area (Å²) in [5, 5.41) is 0. The SMILES string of the molecule is CCCN1CCN(C(=O)OCC(F)(F)F)CC1=O. The van der Waals surface area contributed by atoms with Crippen molar-refractivity contribution >= 4 is 12.0 Å². The molecule has 104 valence electrons. The molecule has 0 aromatic carbocycles. The lowest BCUT2D eigenvalue weighted by molar-refractivity contribution is -0.163. The van der Waals surface area contributed by atoms with Crippen LogP contribution in [0, 0.1) is 0 Å². The van der Waals surface area contributed by atoms with E-state index in [1.165, 1.54) is 0 Å². The lowest BCUT2D eigenvalue weighted by atomic mass is 10.3. The fourth-order valence-corrected chi connectivity index (χ4v) is 1.61. The van der Waals surface area contributed by atoms with Gasteiger partial charge in [-0.15, -0.1) is 0 Å². The van der Waals surface area contributed by atoms with Gasteiger partial charge in [0.05, 0.1) is 0 Å². The van der Waals surface area contributed by atoms with Gasteiger partial charge < -0.3 is 9.64 Å². The summed E-state index contributed by atoms with van der Waals surface area (Å²) in [7, 11) is 0. The van der Waals surface area contributed by atoms with E-state index in [0.29, 0.717) is 13.1 Å². The van der Waals surface area contributed by atoms with Crippen LogP contribution in [0.5, 0.6) is 0 Å². The summed E-state index contributed by atoms with van der Waals surface area (Å²) < 4.78 is 39.6. The van der Waals surface area contributed by atoms with Crippen LogP contribution in [0.1, 0.15) is 13.3 Å². The standard InChI is InChI=1S/C10H15F3N2O3/c1-2-3-14-4-5-15(6-8(14)16)9(17)18-7-10(11,12)13/h2-7H2,1H3. The molecule has 2 amide bonds. The van der Waals surface area contributed by atoms with E-state index in [0.717, 1.165) is 11.3 Å². The second-order valence-electron chi connectivity index (χ2n) is 3.97. The zero-order valence-electron chi connectivity index (χ0n) is 10.00. The Labute approximate surface area is 102 Å². The minimum atomic E-state index is -4.55. The Morgan fingerprint density at radius 2 is 2.06 bits per heavy atom. The van der Waals surface area contributed by atoms with E-state index in [1.54, 1.807) is 4.90 Å². The Kier molecular flexibility index (Phi) is 4.80. The molecule has 8 heteroatoms. The molecular formula is C10H15F3N2O3. The largest absolute Gasteiger partial charge is 0.440 e. The number of nitrogens with zero attached hydrogens (tertiary/aromatic N) is 2. The molecular weight excluding hydrogens is 253 g/mol. The van der Waals surface area contributed by atoms with Crippen LogP contribution in [0.25, 0.3) is 0 Å². The normalized spacial score (nSPS) is 17.0. The number of carbonyl (C=O) groups excluding carboxylic acids is 2. The maximum absolute atomic E-state index is 11.9. The van der Waals surface area contributed by atoms with E-state index in [-0.39, 0.29) is 19.0 Å². The highest BCUT2D eigenvalue weighted by atomic mass is 19.4. The molecule has 0 spiro atoms. The van der Waals surface area contributed by atoms with Gasteiger partial charge in [-0.3, -0.25) is 9.69 Å².